The largest absolute Gasteiger partial charge is 0.493 e. The second kappa shape index (κ2) is 9.08. The first-order valence-electron chi connectivity index (χ1n) is 8.86. The van der Waals surface area contributed by atoms with Crippen molar-refractivity contribution in [3.05, 3.63) is 77.1 Å². The maximum Gasteiger partial charge on any atom is 0.272 e. The van der Waals surface area contributed by atoms with Gasteiger partial charge in [0.2, 0.25) is 0 Å². The second-order valence-electron chi connectivity index (χ2n) is 6.19. The van der Waals surface area contributed by atoms with E-state index in [-0.39, 0.29) is 34.9 Å². The molecule has 3 aromatic rings. The molecule has 0 fully saturated rings. The fourth-order valence-corrected chi connectivity index (χ4v) is 2.81. The zero-order valence-corrected chi connectivity index (χ0v) is 16.2. The first-order chi connectivity index (χ1) is 14.4. The smallest absolute Gasteiger partial charge is 0.272 e. The van der Waals surface area contributed by atoms with Gasteiger partial charge in [0.05, 0.1) is 19.9 Å². The molecule has 0 unspecified atom stereocenters. The van der Waals surface area contributed by atoms with Crippen molar-refractivity contribution in [2.24, 2.45) is 0 Å². The van der Waals surface area contributed by atoms with Gasteiger partial charge < -0.3 is 25.1 Å². The van der Waals surface area contributed by atoms with Crippen molar-refractivity contribution in [1.82, 2.24) is 10.3 Å². The van der Waals surface area contributed by atoms with Crippen LogP contribution in [-0.2, 0) is 6.54 Å². The number of ether oxygens (including phenoxy) is 2. The lowest BCUT2D eigenvalue weighted by Gasteiger charge is -2.16. The van der Waals surface area contributed by atoms with Crippen LogP contribution in [0.3, 0.4) is 0 Å². The van der Waals surface area contributed by atoms with Crippen LogP contribution >= 0.6 is 0 Å². The molecule has 0 atom stereocenters. The minimum Gasteiger partial charge on any atom is -0.493 e. The van der Waals surface area contributed by atoms with Crippen LogP contribution in [0.5, 0.6) is 11.5 Å². The summed E-state index contributed by atoms with van der Waals surface area (Å²) in [5.41, 5.74) is 0.654. The van der Waals surface area contributed by atoms with E-state index >= 15 is 0 Å². The van der Waals surface area contributed by atoms with Crippen LogP contribution in [0.25, 0.3) is 0 Å². The fourth-order valence-electron chi connectivity index (χ4n) is 2.81. The number of carbonyl (C=O) groups is 2. The van der Waals surface area contributed by atoms with Crippen molar-refractivity contribution >= 4 is 17.5 Å². The highest BCUT2D eigenvalue weighted by Crippen LogP contribution is 2.37. The van der Waals surface area contributed by atoms with Crippen LogP contribution in [0.4, 0.5) is 14.5 Å². The average Bonchev–Trinajstić information content (AvgIpc) is 3.29. The molecule has 3 N–H and O–H groups in total. The van der Waals surface area contributed by atoms with E-state index in [1.807, 2.05) is 0 Å². The molecule has 0 aliphatic carbocycles. The molecule has 0 saturated heterocycles. The molecule has 0 radical (unpaired) electrons. The molecule has 2 aromatic carbocycles. The number of nitrogens with one attached hydrogen (secondary N) is 3. The van der Waals surface area contributed by atoms with Gasteiger partial charge in [-0.3, -0.25) is 9.59 Å². The molecule has 9 heteroatoms. The highest BCUT2D eigenvalue weighted by molar-refractivity contribution is 6.05. The fraction of sp³-hybridized carbons (Fsp3) is 0.143. The zero-order valence-electron chi connectivity index (χ0n) is 16.2. The van der Waals surface area contributed by atoms with Crippen molar-refractivity contribution in [3.63, 3.8) is 0 Å². The minimum absolute atomic E-state index is 0.00379. The van der Waals surface area contributed by atoms with Gasteiger partial charge in [-0.25, -0.2) is 8.78 Å². The lowest BCUT2D eigenvalue weighted by Crippen LogP contribution is -2.24. The summed E-state index contributed by atoms with van der Waals surface area (Å²) >= 11 is 0. The molecule has 7 nitrogen and oxygen atoms in total. The van der Waals surface area contributed by atoms with Gasteiger partial charge in [-0.15, -0.1) is 0 Å². The molecular formula is C21H19F2N3O4. The Balaban J connectivity index is 1.85. The summed E-state index contributed by atoms with van der Waals surface area (Å²) in [6.45, 7) is -0.221. The summed E-state index contributed by atoms with van der Waals surface area (Å²) < 4.78 is 37.7. The number of hydrogen-bond acceptors (Lipinski definition) is 4. The minimum atomic E-state index is -1.02. The number of carbonyl (C=O) groups excluding carboxylic acids is 2. The zero-order chi connectivity index (χ0) is 21.7. The molecule has 0 aliphatic heterocycles. The van der Waals surface area contributed by atoms with Crippen molar-refractivity contribution in [1.29, 1.82) is 0 Å². The Bertz CT molecular complexity index is 1070. The summed E-state index contributed by atoms with van der Waals surface area (Å²) in [4.78, 5) is 27.8. The lowest BCUT2D eigenvalue weighted by molar-refractivity contribution is 0.0948. The molecule has 1 aromatic heterocycles. The quantitative estimate of drug-likeness (QED) is 0.551. The van der Waals surface area contributed by atoms with Crippen LogP contribution in [-0.4, -0.2) is 31.0 Å². The van der Waals surface area contributed by atoms with Crippen molar-refractivity contribution in [2.45, 2.75) is 6.54 Å². The maximum atomic E-state index is 13.8. The van der Waals surface area contributed by atoms with Gasteiger partial charge in [-0.05, 0) is 30.3 Å². The SMILES string of the molecule is COc1cc(C(=O)NCc2cccc(F)c2F)cc(NC(=O)c2ccc[nH]2)c1OC. The molecule has 0 spiro atoms. The summed E-state index contributed by atoms with van der Waals surface area (Å²) in [7, 11) is 2.78. The van der Waals surface area contributed by atoms with Crippen molar-refractivity contribution in [3.8, 4) is 11.5 Å². The maximum absolute atomic E-state index is 13.8. The molecule has 0 aliphatic rings. The average molecular weight is 415 g/mol. The van der Waals surface area contributed by atoms with Crippen LogP contribution in [0.2, 0.25) is 0 Å². The molecule has 0 saturated carbocycles. The van der Waals surface area contributed by atoms with E-state index in [1.54, 1.807) is 18.3 Å². The Labute approximate surface area is 171 Å². The first kappa shape index (κ1) is 20.8. The van der Waals surface area contributed by atoms with E-state index in [9.17, 15) is 18.4 Å². The van der Waals surface area contributed by atoms with Crippen molar-refractivity contribution in [2.75, 3.05) is 19.5 Å². The summed E-state index contributed by atoms with van der Waals surface area (Å²) in [5, 5.41) is 5.18. The van der Waals surface area contributed by atoms with E-state index in [0.29, 0.717) is 5.69 Å². The number of aromatic amines is 1. The first-order valence-corrected chi connectivity index (χ1v) is 8.86. The second-order valence-corrected chi connectivity index (χ2v) is 6.19. The van der Waals surface area contributed by atoms with Gasteiger partial charge >= 0.3 is 0 Å². The van der Waals surface area contributed by atoms with Gasteiger partial charge in [0.1, 0.15) is 5.69 Å². The highest BCUT2D eigenvalue weighted by Gasteiger charge is 2.19. The van der Waals surface area contributed by atoms with Gasteiger partial charge in [-0.2, -0.15) is 0 Å². The molecular weight excluding hydrogens is 396 g/mol. The molecule has 30 heavy (non-hydrogen) atoms. The predicted molar refractivity (Wildman–Crippen MR) is 106 cm³/mol. The number of aromatic nitrogens is 1. The molecule has 2 amide bonds. The van der Waals surface area contributed by atoms with E-state index in [2.05, 4.69) is 15.6 Å². The standard InChI is InChI=1S/C21H19F2N3O4/c1-29-17-10-13(20(27)25-11-12-5-3-6-14(22)18(12)23)9-16(19(17)30-2)26-21(28)15-7-4-8-24-15/h3-10,24H,11H2,1-2H3,(H,25,27)(H,26,28). The number of rotatable bonds is 7. The molecule has 156 valence electrons. The number of amides is 2. The van der Waals surface area contributed by atoms with Gasteiger partial charge in [-0.1, -0.05) is 12.1 Å². The van der Waals surface area contributed by atoms with Gasteiger partial charge in [0.25, 0.3) is 11.8 Å². The van der Waals surface area contributed by atoms with E-state index in [1.165, 1.54) is 38.5 Å². The molecule has 0 bridgehead atoms. The van der Waals surface area contributed by atoms with E-state index in [4.69, 9.17) is 9.47 Å². The monoisotopic (exact) mass is 415 g/mol. The topological polar surface area (TPSA) is 92.5 Å². The normalized spacial score (nSPS) is 10.4. The van der Waals surface area contributed by atoms with Gasteiger partial charge in [0, 0.05) is 23.9 Å². The summed E-state index contributed by atoms with van der Waals surface area (Å²) in [6, 6.07) is 9.79. The highest BCUT2D eigenvalue weighted by atomic mass is 19.2. The molecule has 1 heterocycles. The predicted octanol–water partition coefficient (Wildman–Crippen LogP) is 3.49. The Morgan fingerprint density at radius 1 is 1.03 bits per heavy atom. The Hall–Kier alpha value is -3.88. The third-order valence-electron chi connectivity index (χ3n) is 4.30. The lowest BCUT2D eigenvalue weighted by atomic mass is 10.1. The van der Waals surface area contributed by atoms with Gasteiger partial charge in [0.15, 0.2) is 23.1 Å². The third kappa shape index (κ3) is 4.40. The van der Waals surface area contributed by atoms with Crippen LogP contribution < -0.4 is 20.1 Å². The Morgan fingerprint density at radius 2 is 1.83 bits per heavy atom. The van der Waals surface area contributed by atoms with Crippen LogP contribution in [0.1, 0.15) is 26.4 Å². The van der Waals surface area contributed by atoms with E-state index in [0.717, 1.165) is 6.07 Å². The number of H-pyrrole nitrogens is 1. The Kier molecular flexibility index (Phi) is 6.31. The van der Waals surface area contributed by atoms with Crippen molar-refractivity contribution < 1.29 is 27.8 Å². The number of benzene rings is 2. The molecule has 3 rings (SSSR count). The number of halogens is 2. The number of anilines is 1. The number of methoxy groups -OCH3 is 2. The third-order valence-corrected chi connectivity index (χ3v) is 4.30. The van der Waals surface area contributed by atoms with Crippen LogP contribution in [0, 0.1) is 11.6 Å². The number of hydrogen-bond donors (Lipinski definition) is 3. The van der Waals surface area contributed by atoms with E-state index < -0.39 is 23.4 Å². The van der Waals surface area contributed by atoms with Crippen LogP contribution in [0.15, 0.2) is 48.7 Å². The summed E-state index contributed by atoms with van der Waals surface area (Å²) in [5.74, 6) is -2.60. The summed E-state index contributed by atoms with van der Waals surface area (Å²) in [6.07, 6.45) is 1.60. The Morgan fingerprint density at radius 3 is 2.50 bits per heavy atom.